The second-order valence-corrected chi connectivity index (χ2v) is 5.58. The Labute approximate surface area is 135 Å². The largest absolute Gasteiger partial charge is 0.476 e. The molecule has 0 saturated carbocycles. The molecule has 1 saturated heterocycles. The number of hydrogen-bond acceptors (Lipinski definition) is 3. The van der Waals surface area contributed by atoms with Gasteiger partial charge in [0.05, 0.1) is 11.6 Å². The van der Waals surface area contributed by atoms with Crippen LogP contribution in [-0.2, 0) is 4.79 Å². The van der Waals surface area contributed by atoms with Crippen LogP contribution in [0.5, 0.6) is 5.75 Å². The number of carbonyl (C=O) groups is 1. The summed E-state index contributed by atoms with van der Waals surface area (Å²) in [5.74, 6) is 0.587. The van der Waals surface area contributed by atoms with Gasteiger partial charge < -0.3 is 9.64 Å². The lowest BCUT2D eigenvalue weighted by atomic mass is 10.1. The Morgan fingerprint density at radius 3 is 2.30 bits per heavy atom. The minimum Gasteiger partial charge on any atom is -0.476 e. The average Bonchev–Trinajstić information content (AvgIpc) is 3.15. The van der Waals surface area contributed by atoms with Crippen molar-refractivity contribution < 1.29 is 9.53 Å². The molecule has 2 aromatic carbocycles. The highest BCUT2D eigenvalue weighted by Gasteiger charge is 2.29. The molecule has 1 amide bonds. The topological polar surface area (TPSA) is 53.3 Å². The standard InChI is InChI=1S/C19H18N2O2/c20-14-15-8-10-17(11-9-15)23-18(16-6-2-1-3-7-16)19(22)21-12-4-5-13-21/h1-3,6-11,18H,4-5,12-13H2. The van der Waals surface area contributed by atoms with E-state index in [-0.39, 0.29) is 5.91 Å². The fourth-order valence-electron chi connectivity index (χ4n) is 2.74. The van der Waals surface area contributed by atoms with Crippen LogP contribution in [-0.4, -0.2) is 23.9 Å². The first-order chi connectivity index (χ1) is 11.3. The van der Waals surface area contributed by atoms with E-state index >= 15 is 0 Å². The SMILES string of the molecule is N#Cc1ccc(OC(C(=O)N2CCCC2)c2ccccc2)cc1. The van der Waals surface area contributed by atoms with Crippen molar-refractivity contribution in [3.63, 3.8) is 0 Å². The lowest BCUT2D eigenvalue weighted by Crippen LogP contribution is -2.35. The smallest absolute Gasteiger partial charge is 0.268 e. The minimum atomic E-state index is -0.651. The molecule has 4 nitrogen and oxygen atoms in total. The lowest BCUT2D eigenvalue weighted by molar-refractivity contribution is -0.137. The van der Waals surface area contributed by atoms with Crippen molar-refractivity contribution in [1.29, 1.82) is 5.26 Å². The normalized spacial score (nSPS) is 15.0. The van der Waals surface area contributed by atoms with E-state index in [9.17, 15) is 4.79 Å². The molecule has 0 radical (unpaired) electrons. The molecule has 2 aromatic rings. The van der Waals surface area contributed by atoms with Gasteiger partial charge in [0.15, 0.2) is 0 Å². The Kier molecular flexibility index (Phi) is 4.58. The molecule has 0 bridgehead atoms. The minimum absolute atomic E-state index is 0.00180. The van der Waals surface area contributed by atoms with Crippen molar-refractivity contribution in [1.82, 2.24) is 4.90 Å². The van der Waals surface area contributed by atoms with Crippen LogP contribution >= 0.6 is 0 Å². The van der Waals surface area contributed by atoms with Crippen LogP contribution < -0.4 is 4.74 Å². The predicted molar refractivity (Wildman–Crippen MR) is 86.8 cm³/mol. The first-order valence-electron chi connectivity index (χ1n) is 7.78. The highest BCUT2D eigenvalue weighted by atomic mass is 16.5. The summed E-state index contributed by atoms with van der Waals surface area (Å²) >= 11 is 0. The Morgan fingerprint density at radius 1 is 1.04 bits per heavy atom. The average molecular weight is 306 g/mol. The molecular weight excluding hydrogens is 288 g/mol. The van der Waals surface area contributed by atoms with E-state index in [2.05, 4.69) is 6.07 Å². The summed E-state index contributed by atoms with van der Waals surface area (Å²) in [5, 5.41) is 8.87. The third-order valence-corrected chi connectivity index (χ3v) is 3.98. The van der Waals surface area contributed by atoms with Gasteiger partial charge in [0.1, 0.15) is 5.75 Å². The number of hydrogen-bond donors (Lipinski definition) is 0. The number of rotatable bonds is 4. The van der Waals surface area contributed by atoms with E-state index in [1.807, 2.05) is 35.2 Å². The van der Waals surface area contributed by atoms with Crippen molar-refractivity contribution in [2.45, 2.75) is 18.9 Å². The summed E-state index contributed by atoms with van der Waals surface area (Å²) in [7, 11) is 0. The first-order valence-corrected chi connectivity index (χ1v) is 7.78. The lowest BCUT2D eigenvalue weighted by Gasteiger charge is -2.24. The molecule has 1 atom stereocenters. The van der Waals surface area contributed by atoms with E-state index in [0.717, 1.165) is 31.5 Å². The summed E-state index contributed by atoms with van der Waals surface area (Å²) in [4.78, 5) is 14.7. The number of carbonyl (C=O) groups excluding carboxylic acids is 1. The number of ether oxygens (including phenoxy) is 1. The van der Waals surface area contributed by atoms with Gasteiger partial charge in [0, 0.05) is 18.7 Å². The zero-order chi connectivity index (χ0) is 16.1. The van der Waals surface area contributed by atoms with Crippen LogP contribution in [0, 0.1) is 11.3 Å². The highest BCUT2D eigenvalue weighted by Crippen LogP contribution is 2.25. The number of amides is 1. The van der Waals surface area contributed by atoms with Crippen LogP contribution in [0.3, 0.4) is 0 Å². The zero-order valence-electron chi connectivity index (χ0n) is 12.8. The van der Waals surface area contributed by atoms with Gasteiger partial charge in [-0.1, -0.05) is 30.3 Å². The van der Waals surface area contributed by atoms with Crippen molar-refractivity contribution in [2.24, 2.45) is 0 Å². The number of benzene rings is 2. The molecule has 23 heavy (non-hydrogen) atoms. The number of nitrogens with zero attached hydrogens (tertiary/aromatic N) is 2. The van der Waals surface area contributed by atoms with Crippen LogP contribution in [0.2, 0.25) is 0 Å². The summed E-state index contributed by atoms with van der Waals surface area (Å²) in [6.07, 6.45) is 1.44. The van der Waals surface area contributed by atoms with Crippen LogP contribution in [0.4, 0.5) is 0 Å². The maximum absolute atomic E-state index is 12.8. The molecular formula is C19H18N2O2. The molecule has 0 N–H and O–H groups in total. The Balaban J connectivity index is 1.85. The molecule has 3 rings (SSSR count). The number of nitriles is 1. The van der Waals surface area contributed by atoms with Gasteiger partial charge in [-0.2, -0.15) is 5.26 Å². The van der Waals surface area contributed by atoms with E-state index in [1.54, 1.807) is 24.3 Å². The van der Waals surface area contributed by atoms with Crippen LogP contribution in [0.1, 0.15) is 30.1 Å². The van der Waals surface area contributed by atoms with Crippen molar-refractivity contribution in [3.8, 4) is 11.8 Å². The van der Waals surface area contributed by atoms with Crippen LogP contribution in [0.15, 0.2) is 54.6 Å². The van der Waals surface area contributed by atoms with Gasteiger partial charge in [-0.05, 0) is 37.1 Å². The van der Waals surface area contributed by atoms with Gasteiger partial charge in [-0.25, -0.2) is 0 Å². The van der Waals surface area contributed by atoms with Gasteiger partial charge in [0.25, 0.3) is 5.91 Å². The van der Waals surface area contributed by atoms with Crippen molar-refractivity contribution in [3.05, 3.63) is 65.7 Å². The quantitative estimate of drug-likeness (QED) is 0.871. The molecule has 0 aromatic heterocycles. The Bertz CT molecular complexity index is 698. The summed E-state index contributed by atoms with van der Waals surface area (Å²) in [5.41, 5.74) is 1.41. The molecule has 1 aliphatic rings. The van der Waals surface area contributed by atoms with Gasteiger partial charge >= 0.3 is 0 Å². The monoisotopic (exact) mass is 306 g/mol. The van der Waals surface area contributed by atoms with Gasteiger partial charge in [-0.3, -0.25) is 4.79 Å². The van der Waals surface area contributed by atoms with Gasteiger partial charge in [0.2, 0.25) is 6.10 Å². The van der Waals surface area contributed by atoms with Crippen LogP contribution in [0.25, 0.3) is 0 Å². The Hall–Kier alpha value is -2.80. The fraction of sp³-hybridized carbons (Fsp3) is 0.263. The first kappa shape index (κ1) is 15.1. The van der Waals surface area contributed by atoms with Crippen molar-refractivity contribution in [2.75, 3.05) is 13.1 Å². The van der Waals surface area contributed by atoms with E-state index in [1.165, 1.54) is 0 Å². The molecule has 116 valence electrons. The van der Waals surface area contributed by atoms with Gasteiger partial charge in [-0.15, -0.1) is 0 Å². The third kappa shape index (κ3) is 3.51. The Morgan fingerprint density at radius 2 is 1.70 bits per heavy atom. The molecule has 1 heterocycles. The maximum Gasteiger partial charge on any atom is 0.268 e. The summed E-state index contributed by atoms with van der Waals surface area (Å²) in [6.45, 7) is 1.58. The molecule has 1 fully saturated rings. The second kappa shape index (κ2) is 6.97. The zero-order valence-corrected chi connectivity index (χ0v) is 12.8. The molecule has 1 unspecified atom stereocenters. The maximum atomic E-state index is 12.8. The van der Waals surface area contributed by atoms with Crippen molar-refractivity contribution >= 4 is 5.91 Å². The van der Waals surface area contributed by atoms with E-state index in [0.29, 0.717) is 11.3 Å². The highest BCUT2D eigenvalue weighted by molar-refractivity contribution is 5.83. The molecule has 1 aliphatic heterocycles. The molecule has 0 spiro atoms. The second-order valence-electron chi connectivity index (χ2n) is 5.58. The summed E-state index contributed by atoms with van der Waals surface area (Å²) < 4.78 is 5.97. The summed E-state index contributed by atoms with van der Waals surface area (Å²) in [6, 6.07) is 18.5. The predicted octanol–water partition coefficient (Wildman–Crippen LogP) is 3.30. The third-order valence-electron chi connectivity index (χ3n) is 3.98. The van der Waals surface area contributed by atoms with E-state index < -0.39 is 6.10 Å². The molecule has 4 heteroatoms. The molecule has 0 aliphatic carbocycles. The van der Waals surface area contributed by atoms with E-state index in [4.69, 9.17) is 10.00 Å². The number of likely N-dealkylation sites (tertiary alicyclic amines) is 1. The fourth-order valence-corrected chi connectivity index (χ4v) is 2.74.